The zero-order chi connectivity index (χ0) is 9.00. The van der Waals surface area contributed by atoms with Gasteiger partial charge in [0.25, 0.3) is 0 Å². The fraction of sp³-hybridized carbons (Fsp3) is 0.500. The molecule has 0 saturated carbocycles. The molecule has 0 amide bonds. The molecule has 2 atom stereocenters. The number of allylic oxidation sites excluding steroid dienone is 2. The van der Waals surface area contributed by atoms with Crippen molar-refractivity contribution in [2.45, 2.75) is 24.9 Å². The van der Waals surface area contributed by atoms with Crippen molar-refractivity contribution in [3.8, 4) is 0 Å². The molecule has 0 N–H and O–H groups in total. The monoisotopic (exact) mass is 196 g/mol. The fourth-order valence-electron chi connectivity index (χ4n) is 2.13. The zero-order valence-electron chi connectivity index (χ0n) is 6.84. The van der Waals surface area contributed by atoms with E-state index in [4.69, 9.17) is 0 Å². The SMILES string of the molecule is O=c1sc(=O)n2n1[C@@H]1C=C[C@H]2CC1. The number of rotatable bonds is 0. The van der Waals surface area contributed by atoms with Crippen LogP contribution in [0.15, 0.2) is 21.7 Å². The number of hydrogen-bond acceptors (Lipinski definition) is 3. The van der Waals surface area contributed by atoms with Crippen LogP contribution < -0.4 is 9.75 Å². The normalized spacial score (nSPS) is 29.2. The summed E-state index contributed by atoms with van der Waals surface area (Å²) >= 11 is 0.807. The first-order valence-electron chi connectivity index (χ1n) is 4.30. The quantitative estimate of drug-likeness (QED) is 0.568. The fourth-order valence-corrected chi connectivity index (χ4v) is 2.92. The second-order valence-corrected chi connectivity index (χ2v) is 4.32. The molecule has 13 heavy (non-hydrogen) atoms. The number of nitrogens with zero attached hydrogens (tertiary/aromatic N) is 2. The Morgan fingerprint density at radius 1 is 1.08 bits per heavy atom. The van der Waals surface area contributed by atoms with Gasteiger partial charge in [-0.2, -0.15) is 0 Å². The Morgan fingerprint density at radius 2 is 1.54 bits per heavy atom. The number of hydrogen-bond donors (Lipinski definition) is 0. The van der Waals surface area contributed by atoms with Crippen LogP contribution in [0.4, 0.5) is 0 Å². The van der Waals surface area contributed by atoms with E-state index < -0.39 is 0 Å². The third-order valence-corrected chi connectivity index (χ3v) is 3.45. The summed E-state index contributed by atoms with van der Waals surface area (Å²) in [5.74, 6) is 0. The Labute approximate surface area is 77.7 Å². The predicted octanol–water partition coefficient (Wildman–Crippen LogP) is 0.517. The van der Waals surface area contributed by atoms with E-state index in [9.17, 15) is 9.59 Å². The lowest BCUT2D eigenvalue weighted by Crippen LogP contribution is -2.39. The van der Waals surface area contributed by atoms with Crippen LogP contribution >= 0.6 is 11.3 Å². The largest absolute Gasteiger partial charge is 0.327 e. The van der Waals surface area contributed by atoms with Crippen molar-refractivity contribution in [1.82, 2.24) is 9.36 Å². The first-order chi connectivity index (χ1) is 6.27. The van der Waals surface area contributed by atoms with Gasteiger partial charge < -0.3 is 0 Å². The molecule has 0 saturated heterocycles. The standard InChI is InChI=1S/C8H8N2O2S/c11-7-9-5-1-2-6(4-3-5)10(9)8(12)13-7/h1-2,5-6H,3-4H2/t5-,6+. The van der Waals surface area contributed by atoms with Gasteiger partial charge in [0.05, 0.1) is 12.1 Å². The predicted molar refractivity (Wildman–Crippen MR) is 49.3 cm³/mol. The minimum atomic E-state index is -0.121. The Hall–Kier alpha value is -1.10. The van der Waals surface area contributed by atoms with Gasteiger partial charge in [-0.1, -0.05) is 12.2 Å². The molecule has 0 radical (unpaired) electrons. The average molecular weight is 196 g/mol. The molecule has 0 unspecified atom stereocenters. The molecule has 0 aromatic carbocycles. The van der Waals surface area contributed by atoms with Crippen LogP contribution in [0.1, 0.15) is 24.9 Å². The highest BCUT2D eigenvalue weighted by Crippen LogP contribution is 2.33. The number of aromatic nitrogens is 2. The Kier molecular flexibility index (Phi) is 1.25. The molecule has 2 bridgehead atoms. The molecule has 1 aromatic rings. The highest BCUT2D eigenvalue weighted by atomic mass is 32.1. The first kappa shape index (κ1) is 7.32. The van der Waals surface area contributed by atoms with Gasteiger partial charge in [0.1, 0.15) is 0 Å². The maximum Gasteiger partial charge on any atom is 0.327 e. The van der Waals surface area contributed by atoms with E-state index in [1.807, 2.05) is 12.2 Å². The van der Waals surface area contributed by atoms with Crippen molar-refractivity contribution in [2.75, 3.05) is 0 Å². The lowest BCUT2D eigenvalue weighted by molar-refractivity contribution is 0.257. The summed E-state index contributed by atoms with van der Waals surface area (Å²) in [6, 6.07) is 0.243. The maximum atomic E-state index is 11.4. The van der Waals surface area contributed by atoms with Crippen LogP contribution in [0.25, 0.3) is 0 Å². The second-order valence-electron chi connectivity index (χ2n) is 3.42. The van der Waals surface area contributed by atoms with Crippen LogP contribution in [0, 0.1) is 0 Å². The topological polar surface area (TPSA) is 44.0 Å². The highest BCUT2D eigenvalue weighted by Gasteiger charge is 2.31. The van der Waals surface area contributed by atoms with Gasteiger partial charge in [-0.3, -0.25) is 9.59 Å². The second kappa shape index (κ2) is 2.23. The molecule has 0 spiro atoms. The van der Waals surface area contributed by atoms with Gasteiger partial charge in [-0.25, -0.2) is 9.36 Å². The third kappa shape index (κ3) is 0.798. The van der Waals surface area contributed by atoms with Crippen LogP contribution in [0.5, 0.6) is 0 Å². The molecular weight excluding hydrogens is 188 g/mol. The summed E-state index contributed by atoms with van der Waals surface area (Å²) in [6.45, 7) is 0. The molecule has 3 aliphatic rings. The van der Waals surface area contributed by atoms with Crippen molar-refractivity contribution < 1.29 is 0 Å². The summed E-state index contributed by atoms with van der Waals surface area (Å²) in [7, 11) is 0. The molecule has 1 aliphatic carbocycles. The molecule has 1 aromatic heterocycles. The third-order valence-electron chi connectivity index (χ3n) is 2.72. The van der Waals surface area contributed by atoms with Crippen LogP contribution in [-0.4, -0.2) is 9.36 Å². The average Bonchev–Trinajstić information content (AvgIpc) is 2.47. The van der Waals surface area contributed by atoms with Crippen molar-refractivity contribution in [3.05, 3.63) is 31.5 Å². The van der Waals surface area contributed by atoms with E-state index in [1.54, 1.807) is 9.36 Å². The number of fused-ring (bicyclic) bond motifs is 1. The van der Waals surface area contributed by atoms with E-state index in [0.29, 0.717) is 0 Å². The summed E-state index contributed by atoms with van der Waals surface area (Å²) in [4.78, 5) is 22.6. The smallest absolute Gasteiger partial charge is 0.255 e. The van der Waals surface area contributed by atoms with Crippen molar-refractivity contribution in [2.24, 2.45) is 0 Å². The zero-order valence-corrected chi connectivity index (χ0v) is 7.66. The van der Waals surface area contributed by atoms with Gasteiger partial charge in [0.2, 0.25) is 0 Å². The lowest BCUT2D eigenvalue weighted by atomic mass is 9.96. The molecule has 4 rings (SSSR count). The van der Waals surface area contributed by atoms with Gasteiger partial charge in [0, 0.05) is 0 Å². The molecular formula is C8H8N2O2S. The molecule has 3 heterocycles. The molecule has 0 fully saturated rings. The van der Waals surface area contributed by atoms with E-state index in [-0.39, 0.29) is 21.8 Å². The van der Waals surface area contributed by atoms with E-state index in [0.717, 1.165) is 24.2 Å². The van der Waals surface area contributed by atoms with Gasteiger partial charge in [-0.05, 0) is 24.2 Å². The summed E-state index contributed by atoms with van der Waals surface area (Å²) in [5.41, 5.74) is 0. The van der Waals surface area contributed by atoms with Crippen molar-refractivity contribution in [1.29, 1.82) is 0 Å². The van der Waals surface area contributed by atoms with Gasteiger partial charge >= 0.3 is 9.75 Å². The minimum Gasteiger partial charge on any atom is -0.255 e. The molecule has 4 nitrogen and oxygen atoms in total. The van der Waals surface area contributed by atoms with Crippen molar-refractivity contribution >= 4 is 11.3 Å². The molecule has 68 valence electrons. The first-order valence-corrected chi connectivity index (χ1v) is 5.11. The minimum absolute atomic E-state index is 0.121. The van der Waals surface area contributed by atoms with Gasteiger partial charge in [0.15, 0.2) is 0 Å². The van der Waals surface area contributed by atoms with E-state index in [2.05, 4.69) is 0 Å². The summed E-state index contributed by atoms with van der Waals surface area (Å²) in [6.07, 6.45) is 6.03. The maximum absolute atomic E-state index is 11.4. The Bertz CT molecular complexity index is 450. The van der Waals surface area contributed by atoms with Gasteiger partial charge in [-0.15, -0.1) is 0 Å². The van der Waals surface area contributed by atoms with E-state index >= 15 is 0 Å². The van der Waals surface area contributed by atoms with E-state index in [1.165, 1.54) is 0 Å². The Balaban J connectivity index is 2.42. The van der Waals surface area contributed by atoms with Crippen LogP contribution in [0.3, 0.4) is 0 Å². The van der Waals surface area contributed by atoms with Crippen LogP contribution in [0.2, 0.25) is 0 Å². The highest BCUT2D eigenvalue weighted by molar-refractivity contribution is 7.06. The van der Waals surface area contributed by atoms with Crippen LogP contribution in [-0.2, 0) is 0 Å². The molecule has 5 heteroatoms. The summed E-state index contributed by atoms with van der Waals surface area (Å²) < 4.78 is 3.20. The lowest BCUT2D eigenvalue weighted by Gasteiger charge is -2.33. The van der Waals surface area contributed by atoms with Crippen molar-refractivity contribution in [3.63, 3.8) is 0 Å². The Morgan fingerprint density at radius 3 is 1.92 bits per heavy atom. The summed E-state index contributed by atoms with van der Waals surface area (Å²) in [5, 5.41) is 0. The molecule has 2 aliphatic heterocycles.